The van der Waals surface area contributed by atoms with Gasteiger partial charge in [-0.1, -0.05) is 25.5 Å². The van der Waals surface area contributed by atoms with Gasteiger partial charge >= 0.3 is 0 Å². The van der Waals surface area contributed by atoms with Gasteiger partial charge in [0.05, 0.1) is 5.56 Å². The Morgan fingerprint density at radius 2 is 1.75 bits per heavy atom. The topological polar surface area (TPSA) is 61.4 Å². The van der Waals surface area contributed by atoms with Gasteiger partial charge in [0.2, 0.25) is 0 Å². The van der Waals surface area contributed by atoms with Gasteiger partial charge in [0.15, 0.2) is 0 Å². The van der Waals surface area contributed by atoms with Crippen LogP contribution in [0.15, 0.2) is 42.5 Å². The van der Waals surface area contributed by atoms with Crippen molar-refractivity contribution in [3.63, 3.8) is 0 Å². The monoisotopic (exact) mass is 379 g/mol. The Morgan fingerprint density at radius 3 is 2.36 bits per heavy atom. The van der Waals surface area contributed by atoms with Crippen molar-refractivity contribution in [2.45, 2.75) is 45.1 Å². The minimum atomic E-state index is -0.173. The van der Waals surface area contributed by atoms with Crippen LogP contribution in [0.4, 0.5) is 11.4 Å². The van der Waals surface area contributed by atoms with Crippen molar-refractivity contribution in [2.75, 3.05) is 24.3 Å². The Balaban J connectivity index is 1.73. The average Bonchev–Trinajstić information content (AvgIpc) is 3.50. The summed E-state index contributed by atoms with van der Waals surface area (Å²) in [4.78, 5) is 27.1. The second-order valence-electron chi connectivity index (χ2n) is 7.63. The zero-order valence-electron chi connectivity index (χ0n) is 16.9. The fourth-order valence-corrected chi connectivity index (χ4v) is 3.08. The molecule has 2 amide bonds. The molecular weight excluding hydrogens is 350 g/mol. The van der Waals surface area contributed by atoms with Crippen molar-refractivity contribution in [2.24, 2.45) is 0 Å². The van der Waals surface area contributed by atoms with Gasteiger partial charge in [0.25, 0.3) is 11.8 Å². The highest BCUT2D eigenvalue weighted by molar-refractivity contribution is 6.06. The predicted octanol–water partition coefficient (Wildman–Crippen LogP) is 4.24. The molecule has 28 heavy (non-hydrogen) atoms. The van der Waals surface area contributed by atoms with Crippen LogP contribution in [0.5, 0.6) is 0 Å². The molecule has 0 spiro atoms. The quantitative estimate of drug-likeness (QED) is 0.721. The first-order valence-corrected chi connectivity index (χ1v) is 10.0. The molecule has 3 rings (SSSR count). The fourth-order valence-electron chi connectivity index (χ4n) is 3.08. The van der Waals surface area contributed by atoms with E-state index in [2.05, 4.69) is 17.6 Å². The lowest BCUT2D eigenvalue weighted by atomic mass is 10.1. The van der Waals surface area contributed by atoms with Crippen LogP contribution in [-0.2, 0) is 6.42 Å². The third-order valence-corrected chi connectivity index (χ3v) is 4.93. The average molecular weight is 380 g/mol. The largest absolute Gasteiger partial charge is 0.377 e. The van der Waals surface area contributed by atoms with Crippen molar-refractivity contribution in [3.8, 4) is 0 Å². The molecule has 2 aromatic carbocycles. The van der Waals surface area contributed by atoms with Crippen LogP contribution in [0.3, 0.4) is 0 Å². The van der Waals surface area contributed by atoms with Crippen molar-refractivity contribution >= 4 is 23.2 Å². The number of hydrogen-bond donors (Lipinski definition) is 2. The van der Waals surface area contributed by atoms with Gasteiger partial charge in [0, 0.05) is 37.1 Å². The summed E-state index contributed by atoms with van der Waals surface area (Å²) in [5, 5.41) is 5.94. The van der Waals surface area contributed by atoms with Gasteiger partial charge in [-0.05, 0) is 61.6 Å². The number of aryl methyl sites for hydroxylation is 1. The van der Waals surface area contributed by atoms with Crippen molar-refractivity contribution in [3.05, 3.63) is 59.2 Å². The van der Waals surface area contributed by atoms with Gasteiger partial charge < -0.3 is 15.5 Å². The van der Waals surface area contributed by atoms with Gasteiger partial charge in [-0.3, -0.25) is 9.59 Å². The van der Waals surface area contributed by atoms with E-state index in [1.807, 2.05) is 55.4 Å². The van der Waals surface area contributed by atoms with E-state index in [0.717, 1.165) is 37.8 Å². The van der Waals surface area contributed by atoms with Gasteiger partial charge in [0.1, 0.15) is 0 Å². The van der Waals surface area contributed by atoms with E-state index in [4.69, 9.17) is 0 Å². The highest BCUT2D eigenvalue weighted by Gasteiger charge is 2.25. The second-order valence-corrected chi connectivity index (χ2v) is 7.63. The standard InChI is InChI=1S/C23H29N3O2/c1-4-5-6-16-7-9-17(10-8-16)22(27)25-19-13-14-21(26(2)3)20(15-19)23(28)24-18-11-12-18/h7-10,13-15,18H,4-6,11-12H2,1-3H3,(H,24,28)(H,25,27). The number of carbonyl (C=O) groups is 2. The van der Waals surface area contributed by atoms with Crippen LogP contribution in [-0.4, -0.2) is 32.0 Å². The first kappa shape index (κ1) is 19.9. The summed E-state index contributed by atoms with van der Waals surface area (Å²) < 4.78 is 0. The highest BCUT2D eigenvalue weighted by Crippen LogP contribution is 2.26. The first-order valence-electron chi connectivity index (χ1n) is 10.0. The molecule has 5 heteroatoms. The molecule has 1 aliphatic carbocycles. The summed E-state index contributed by atoms with van der Waals surface area (Å²) in [5.41, 5.74) is 3.88. The SMILES string of the molecule is CCCCc1ccc(C(=O)Nc2ccc(N(C)C)c(C(=O)NC3CC3)c2)cc1. The van der Waals surface area contributed by atoms with E-state index in [0.29, 0.717) is 16.8 Å². The van der Waals surface area contributed by atoms with Crippen LogP contribution < -0.4 is 15.5 Å². The van der Waals surface area contributed by atoms with Crippen molar-refractivity contribution in [1.29, 1.82) is 0 Å². The van der Waals surface area contributed by atoms with Crippen LogP contribution in [0.1, 0.15) is 58.9 Å². The highest BCUT2D eigenvalue weighted by atomic mass is 16.2. The number of anilines is 2. The van der Waals surface area contributed by atoms with E-state index in [-0.39, 0.29) is 17.9 Å². The van der Waals surface area contributed by atoms with E-state index < -0.39 is 0 Å². The van der Waals surface area contributed by atoms with Crippen LogP contribution in [0, 0.1) is 0 Å². The maximum absolute atomic E-state index is 12.6. The van der Waals surface area contributed by atoms with Crippen molar-refractivity contribution < 1.29 is 9.59 Å². The lowest BCUT2D eigenvalue weighted by molar-refractivity contribution is 0.0950. The first-order chi connectivity index (χ1) is 13.5. The Hall–Kier alpha value is -2.82. The van der Waals surface area contributed by atoms with E-state index in [1.165, 1.54) is 5.56 Å². The van der Waals surface area contributed by atoms with Gasteiger partial charge in [-0.2, -0.15) is 0 Å². The predicted molar refractivity (Wildman–Crippen MR) is 114 cm³/mol. The molecule has 2 N–H and O–H groups in total. The van der Waals surface area contributed by atoms with Crippen LogP contribution in [0.2, 0.25) is 0 Å². The van der Waals surface area contributed by atoms with Crippen LogP contribution >= 0.6 is 0 Å². The number of hydrogen-bond acceptors (Lipinski definition) is 3. The molecule has 0 aliphatic heterocycles. The molecule has 0 heterocycles. The summed E-state index contributed by atoms with van der Waals surface area (Å²) in [7, 11) is 3.81. The molecule has 2 aromatic rings. The zero-order chi connectivity index (χ0) is 20.1. The molecule has 0 saturated heterocycles. The molecule has 148 valence electrons. The summed E-state index contributed by atoms with van der Waals surface area (Å²) in [5.74, 6) is -0.268. The summed E-state index contributed by atoms with van der Waals surface area (Å²) in [6, 6.07) is 13.5. The zero-order valence-corrected chi connectivity index (χ0v) is 16.9. The number of amides is 2. The summed E-state index contributed by atoms with van der Waals surface area (Å²) >= 11 is 0. The Bertz CT molecular complexity index is 839. The Kier molecular flexibility index (Phi) is 6.34. The summed E-state index contributed by atoms with van der Waals surface area (Å²) in [6.45, 7) is 2.17. The van der Waals surface area contributed by atoms with E-state index >= 15 is 0 Å². The molecule has 0 bridgehead atoms. The van der Waals surface area contributed by atoms with E-state index in [9.17, 15) is 9.59 Å². The fraction of sp³-hybridized carbons (Fsp3) is 0.391. The number of rotatable bonds is 8. The molecule has 0 aromatic heterocycles. The molecule has 1 fully saturated rings. The second kappa shape index (κ2) is 8.91. The Morgan fingerprint density at radius 1 is 1.04 bits per heavy atom. The lowest BCUT2D eigenvalue weighted by Gasteiger charge is -2.18. The normalized spacial score (nSPS) is 13.1. The summed E-state index contributed by atoms with van der Waals surface area (Å²) in [6.07, 6.45) is 5.41. The molecule has 5 nitrogen and oxygen atoms in total. The molecular formula is C23H29N3O2. The van der Waals surface area contributed by atoms with Gasteiger partial charge in [-0.15, -0.1) is 0 Å². The minimum absolute atomic E-state index is 0.0948. The Labute approximate surface area is 167 Å². The maximum Gasteiger partial charge on any atom is 0.255 e. The minimum Gasteiger partial charge on any atom is -0.377 e. The third-order valence-electron chi connectivity index (χ3n) is 4.93. The number of unbranched alkanes of at least 4 members (excludes halogenated alkanes) is 1. The van der Waals surface area contributed by atoms with Crippen molar-refractivity contribution in [1.82, 2.24) is 5.32 Å². The number of benzene rings is 2. The molecule has 1 aliphatic rings. The number of nitrogens with one attached hydrogen (secondary N) is 2. The van der Waals surface area contributed by atoms with E-state index in [1.54, 1.807) is 6.07 Å². The number of carbonyl (C=O) groups excluding carboxylic acids is 2. The molecule has 0 atom stereocenters. The number of nitrogens with zero attached hydrogens (tertiary/aromatic N) is 1. The third kappa shape index (κ3) is 5.12. The molecule has 0 unspecified atom stereocenters. The molecule has 0 radical (unpaired) electrons. The lowest BCUT2D eigenvalue weighted by Crippen LogP contribution is -2.27. The smallest absolute Gasteiger partial charge is 0.255 e. The molecule has 1 saturated carbocycles. The maximum atomic E-state index is 12.6. The van der Waals surface area contributed by atoms with Crippen LogP contribution in [0.25, 0.3) is 0 Å². The van der Waals surface area contributed by atoms with Gasteiger partial charge in [-0.25, -0.2) is 0 Å².